The van der Waals surface area contributed by atoms with Gasteiger partial charge in [0.2, 0.25) is 0 Å². The van der Waals surface area contributed by atoms with E-state index in [0.29, 0.717) is 11.5 Å². The largest absolute Gasteiger partial charge is 0.339 e. The monoisotopic (exact) mass is 596 g/mol. The molecule has 1 N–H and O–H groups in total. The average molecular weight is 597 g/mol. The summed E-state index contributed by atoms with van der Waals surface area (Å²) in [6, 6.07) is 15.9. The number of allylic oxidation sites excluding steroid dienone is 1. The fourth-order valence-electron chi connectivity index (χ4n) is 5.03. The van der Waals surface area contributed by atoms with E-state index in [0.717, 1.165) is 64.7 Å². The SMILES string of the molecule is C=C(C)/C=c1/[nH]c(-c2ccc(C)c(C(=O)N3CCC(c4ccc(C#N)cc4)CC3)c2)n/c1=C/C.CC.CC.CCCCCC. The molecule has 2 heterocycles. The fourth-order valence-corrected chi connectivity index (χ4v) is 5.03. The molecule has 3 aromatic rings. The normalized spacial score (nSPS) is 13.4. The number of aromatic nitrogens is 2. The number of amides is 1. The van der Waals surface area contributed by atoms with Crippen LogP contribution >= 0.6 is 0 Å². The van der Waals surface area contributed by atoms with Gasteiger partial charge >= 0.3 is 0 Å². The van der Waals surface area contributed by atoms with E-state index in [1.165, 1.54) is 31.2 Å². The molecule has 4 rings (SSSR count). The Morgan fingerprint density at radius 2 is 1.64 bits per heavy atom. The van der Waals surface area contributed by atoms with Crippen LogP contribution in [-0.2, 0) is 0 Å². The molecular weight excluding hydrogens is 540 g/mol. The van der Waals surface area contributed by atoms with Gasteiger partial charge in [-0.2, -0.15) is 5.26 Å². The molecule has 1 fully saturated rings. The standard InChI is InChI=1S/C29H30N4O.C6H14.2C2H6/c1-5-26-27(16-19(2)3)32-28(31-26)24-9-6-20(4)25(17-24)29(34)33-14-12-23(13-15-33)22-10-7-21(18-30)8-11-22;1-3-5-6-4-2;2*1-2/h5-11,16-17,23H,2,12-15H2,1,3-4H3,(H,31,32);3-6H2,1-2H3;2*1-2H3/b26-5+,27-16+;;;. The van der Waals surface area contributed by atoms with E-state index in [-0.39, 0.29) is 5.91 Å². The van der Waals surface area contributed by atoms with Gasteiger partial charge in [-0.25, -0.2) is 4.98 Å². The van der Waals surface area contributed by atoms with Gasteiger partial charge in [-0.1, -0.05) is 110 Å². The van der Waals surface area contributed by atoms with Crippen molar-refractivity contribution in [2.24, 2.45) is 0 Å². The Bertz CT molecular complexity index is 1450. The van der Waals surface area contributed by atoms with Crippen LogP contribution in [0.5, 0.6) is 0 Å². The highest BCUT2D eigenvalue weighted by Gasteiger charge is 2.25. The number of nitriles is 1. The lowest BCUT2D eigenvalue weighted by molar-refractivity contribution is 0.0712. The lowest BCUT2D eigenvalue weighted by Crippen LogP contribution is -2.38. The van der Waals surface area contributed by atoms with Gasteiger partial charge in [0.05, 0.1) is 22.3 Å². The molecule has 1 aliphatic heterocycles. The van der Waals surface area contributed by atoms with E-state index in [1.807, 2.05) is 108 Å². The first-order chi connectivity index (χ1) is 21.3. The number of hydrogen-bond acceptors (Lipinski definition) is 3. The Morgan fingerprint density at radius 1 is 1.05 bits per heavy atom. The summed E-state index contributed by atoms with van der Waals surface area (Å²) in [5, 5.41) is 10.8. The van der Waals surface area contributed by atoms with E-state index in [4.69, 9.17) is 10.2 Å². The minimum Gasteiger partial charge on any atom is -0.339 e. The first-order valence-corrected chi connectivity index (χ1v) is 16.6. The minimum atomic E-state index is 0.0696. The number of aromatic amines is 1. The number of benzene rings is 2. The quantitative estimate of drug-likeness (QED) is 0.277. The highest BCUT2D eigenvalue weighted by atomic mass is 16.2. The minimum absolute atomic E-state index is 0.0696. The van der Waals surface area contributed by atoms with Crippen molar-refractivity contribution in [3.05, 3.63) is 87.6 Å². The fraction of sp³-hybridized carbons (Fsp3) is 0.462. The second-order valence-electron chi connectivity index (χ2n) is 10.7. The zero-order valence-corrected chi connectivity index (χ0v) is 28.9. The number of H-pyrrole nitrogens is 1. The summed E-state index contributed by atoms with van der Waals surface area (Å²) in [7, 11) is 0. The molecule has 238 valence electrons. The molecule has 0 aliphatic carbocycles. The molecule has 5 heteroatoms. The third-order valence-corrected chi connectivity index (χ3v) is 7.42. The number of carbonyl (C=O) groups is 1. The molecule has 0 radical (unpaired) electrons. The van der Waals surface area contributed by atoms with Gasteiger partial charge in [-0.05, 0) is 74.9 Å². The van der Waals surface area contributed by atoms with E-state index in [2.05, 4.69) is 31.5 Å². The second kappa shape index (κ2) is 20.9. The van der Waals surface area contributed by atoms with Crippen molar-refractivity contribution in [2.75, 3.05) is 13.1 Å². The van der Waals surface area contributed by atoms with Crippen molar-refractivity contribution in [1.82, 2.24) is 14.9 Å². The third-order valence-electron chi connectivity index (χ3n) is 7.42. The molecule has 1 aromatic heterocycles. The molecule has 0 atom stereocenters. The van der Waals surface area contributed by atoms with Crippen molar-refractivity contribution in [3.63, 3.8) is 0 Å². The molecule has 1 amide bonds. The average Bonchev–Trinajstić information content (AvgIpc) is 3.48. The topological polar surface area (TPSA) is 72.8 Å². The molecule has 2 aromatic carbocycles. The molecule has 0 bridgehead atoms. The molecular formula is C39H56N4O. The number of unbranched alkanes of at least 4 members (excludes halogenated alkanes) is 3. The molecule has 44 heavy (non-hydrogen) atoms. The van der Waals surface area contributed by atoms with Crippen LogP contribution in [0.1, 0.15) is 127 Å². The molecule has 1 saturated heterocycles. The van der Waals surface area contributed by atoms with Gasteiger partial charge in [-0.15, -0.1) is 0 Å². The molecule has 5 nitrogen and oxygen atoms in total. The van der Waals surface area contributed by atoms with Gasteiger partial charge in [0.1, 0.15) is 5.82 Å². The number of aryl methyl sites for hydroxylation is 1. The lowest BCUT2D eigenvalue weighted by Gasteiger charge is -2.32. The van der Waals surface area contributed by atoms with Crippen molar-refractivity contribution in [2.45, 2.75) is 107 Å². The van der Waals surface area contributed by atoms with E-state index < -0.39 is 0 Å². The van der Waals surface area contributed by atoms with Crippen LogP contribution < -0.4 is 10.7 Å². The molecule has 0 spiro atoms. The second-order valence-corrected chi connectivity index (χ2v) is 10.7. The summed E-state index contributed by atoms with van der Waals surface area (Å²) in [4.78, 5) is 23.5. The van der Waals surface area contributed by atoms with Gasteiger partial charge in [-0.3, -0.25) is 4.79 Å². The van der Waals surface area contributed by atoms with E-state index in [1.54, 1.807) is 0 Å². The number of imidazole rings is 1. The Kier molecular flexibility index (Phi) is 18.1. The molecule has 0 unspecified atom stereocenters. The van der Waals surface area contributed by atoms with Crippen LogP contribution in [0, 0.1) is 18.3 Å². The maximum atomic E-state index is 13.4. The molecule has 1 aliphatic rings. The number of nitrogens with zero attached hydrogens (tertiary/aromatic N) is 3. The number of carbonyl (C=O) groups excluding carboxylic acids is 1. The third kappa shape index (κ3) is 11.3. The summed E-state index contributed by atoms with van der Waals surface area (Å²) in [6.45, 7) is 23.8. The van der Waals surface area contributed by atoms with Crippen LogP contribution in [0.3, 0.4) is 0 Å². The summed E-state index contributed by atoms with van der Waals surface area (Å²) in [6.07, 6.45) is 11.3. The van der Waals surface area contributed by atoms with Crippen LogP contribution in [0.25, 0.3) is 23.5 Å². The lowest BCUT2D eigenvalue weighted by atomic mass is 9.88. The summed E-state index contributed by atoms with van der Waals surface area (Å²) in [5.41, 5.74) is 5.45. The molecule has 0 saturated carbocycles. The number of piperidine rings is 1. The Labute approximate surface area is 267 Å². The summed E-state index contributed by atoms with van der Waals surface area (Å²) in [5.74, 6) is 1.23. The van der Waals surface area contributed by atoms with Crippen molar-refractivity contribution in [3.8, 4) is 17.5 Å². The van der Waals surface area contributed by atoms with Crippen LogP contribution in [0.2, 0.25) is 0 Å². The van der Waals surface area contributed by atoms with Crippen LogP contribution in [-0.4, -0.2) is 33.9 Å². The summed E-state index contributed by atoms with van der Waals surface area (Å²) < 4.78 is 0. The van der Waals surface area contributed by atoms with E-state index >= 15 is 0 Å². The Morgan fingerprint density at radius 3 is 2.14 bits per heavy atom. The first kappa shape index (κ1) is 38.1. The van der Waals surface area contributed by atoms with Crippen molar-refractivity contribution in [1.29, 1.82) is 5.26 Å². The first-order valence-electron chi connectivity index (χ1n) is 16.6. The van der Waals surface area contributed by atoms with Gasteiger partial charge < -0.3 is 9.88 Å². The van der Waals surface area contributed by atoms with Crippen molar-refractivity contribution >= 4 is 18.1 Å². The Balaban J connectivity index is 0.000000853. The Hall–Kier alpha value is -3.91. The number of nitrogens with one attached hydrogen (secondary N) is 1. The number of hydrogen-bond donors (Lipinski definition) is 1. The smallest absolute Gasteiger partial charge is 0.254 e. The predicted octanol–water partition coefficient (Wildman–Crippen LogP) is 9.07. The predicted molar refractivity (Wildman–Crippen MR) is 189 cm³/mol. The maximum Gasteiger partial charge on any atom is 0.254 e. The van der Waals surface area contributed by atoms with Crippen LogP contribution in [0.4, 0.5) is 0 Å². The van der Waals surface area contributed by atoms with Gasteiger partial charge in [0, 0.05) is 24.2 Å². The van der Waals surface area contributed by atoms with Gasteiger partial charge in [0.25, 0.3) is 5.91 Å². The van der Waals surface area contributed by atoms with Crippen LogP contribution in [0.15, 0.2) is 54.6 Å². The number of rotatable bonds is 7. The van der Waals surface area contributed by atoms with E-state index in [9.17, 15) is 4.79 Å². The zero-order chi connectivity index (χ0) is 33.1. The zero-order valence-electron chi connectivity index (χ0n) is 28.9. The highest BCUT2D eigenvalue weighted by molar-refractivity contribution is 5.96. The number of likely N-dealkylation sites (tertiary alicyclic amines) is 1. The highest BCUT2D eigenvalue weighted by Crippen LogP contribution is 2.29. The summed E-state index contributed by atoms with van der Waals surface area (Å²) >= 11 is 0. The van der Waals surface area contributed by atoms with Gasteiger partial charge in [0.15, 0.2) is 0 Å². The van der Waals surface area contributed by atoms with Crippen molar-refractivity contribution < 1.29 is 4.79 Å². The maximum absolute atomic E-state index is 13.4.